The molecule has 1 amide bonds. The first-order chi connectivity index (χ1) is 21.8. The third-order valence-corrected chi connectivity index (χ3v) is 8.31. The summed E-state index contributed by atoms with van der Waals surface area (Å²) >= 11 is 0. The molecule has 1 aliphatic heterocycles. The molecule has 0 aliphatic carbocycles. The van der Waals surface area contributed by atoms with Gasteiger partial charge in [-0.2, -0.15) is 5.09 Å². The molecular weight excluding hydrogens is 621 g/mol. The molecule has 252 valence electrons. The number of aromatic nitrogens is 3. The van der Waals surface area contributed by atoms with Crippen molar-refractivity contribution in [1.82, 2.24) is 19.9 Å². The molecule has 5 atom stereocenters. The Morgan fingerprint density at radius 2 is 1.78 bits per heavy atom. The van der Waals surface area contributed by atoms with Crippen LogP contribution in [0.25, 0.3) is 0 Å². The number of carbonyl (C=O) groups excluding carboxylic acids is 4. The number of ether oxygens (including phenoxy) is 3. The van der Waals surface area contributed by atoms with Crippen LogP contribution >= 0.6 is 7.75 Å². The smallest absolute Gasteiger partial charge is 0.459 e. The standard InChI is InChI=1S/C30H42N5O10P/c1-19(2)11-13-41-29(38)21(5)25(30(39)42-14-12-20(3)4)34-46(40,45-23-9-7-6-8-10-23)43-17-24-15-22(16-36)28(44-24)35-18-32-27(33-35)26(31)37/h6-10,16,18-20,22,24-25,28H,5,11-15,17H2,1-4H3,(H2,31,37)(H,34,40)/t22?,24-,25-,28+,46?/m0/s1. The fourth-order valence-corrected chi connectivity index (χ4v) is 5.69. The van der Waals surface area contributed by atoms with Crippen molar-refractivity contribution in [3.8, 4) is 5.75 Å². The quantitative estimate of drug-likeness (QED) is 0.0960. The van der Waals surface area contributed by atoms with E-state index in [1.807, 2.05) is 27.7 Å². The van der Waals surface area contributed by atoms with Gasteiger partial charge < -0.3 is 29.3 Å². The third-order valence-electron chi connectivity index (χ3n) is 6.80. The van der Waals surface area contributed by atoms with Crippen LogP contribution < -0.4 is 15.3 Å². The Bertz CT molecular complexity index is 1400. The van der Waals surface area contributed by atoms with Gasteiger partial charge in [-0.25, -0.2) is 23.8 Å². The normalized spacial score (nSPS) is 19.7. The molecule has 2 unspecified atom stereocenters. The summed E-state index contributed by atoms with van der Waals surface area (Å²) in [5, 5.41) is 6.50. The lowest BCUT2D eigenvalue weighted by atomic mass is 10.1. The van der Waals surface area contributed by atoms with Gasteiger partial charge in [0.15, 0.2) is 6.23 Å². The predicted octanol–water partition coefficient (Wildman–Crippen LogP) is 3.38. The van der Waals surface area contributed by atoms with E-state index in [2.05, 4.69) is 21.7 Å². The first kappa shape index (κ1) is 36.6. The number of para-hydroxylation sites is 1. The van der Waals surface area contributed by atoms with Gasteiger partial charge in [-0.1, -0.05) is 52.5 Å². The number of nitrogens with zero attached hydrogens (tertiary/aromatic N) is 3. The third kappa shape index (κ3) is 10.9. The van der Waals surface area contributed by atoms with E-state index in [9.17, 15) is 23.7 Å². The van der Waals surface area contributed by atoms with E-state index in [-0.39, 0.29) is 55.2 Å². The molecule has 15 nitrogen and oxygen atoms in total. The lowest BCUT2D eigenvalue weighted by Crippen LogP contribution is -2.42. The Balaban J connectivity index is 1.83. The number of amides is 1. The zero-order valence-corrected chi connectivity index (χ0v) is 27.3. The average Bonchev–Trinajstić information content (AvgIpc) is 3.66. The SMILES string of the molecule is C=C(C(=O)OCCC(C)C)[C@H](NP(=O)(OC[C@@H]1CC(C=O)[C@H](n2cnc(C(N)=O)n2)O1)Oc1ccccc1)C(=O)OCCC(C)C. The molecule has 1 aliphatic rings. The van der Waals surface area contributed by atoms with Crippen molar-refractivity contribution in [1.29, 1.82) is 0 Å². The zero-order chi connectivity index (χ0) is 33.9. The number of hydrogen-bond acceptors (Lipinski definition) is 12. The average molecular weight is 664 g/mol. The van der Waals surface area contributed by atoms with Crippen LogP contribution in [0.5, 0.6) is 5.75 Å². The number of nitrogens with two attached hydrogens (primary N) is 1. The van der Waals surface area contributed by atoms with Crippen molar-refractivity contribution in [3.63, 3.8) is 0 Å². The summed E-state index contributed by atoms with van der Waals surface area (Å²) in [6, 6.07) is 6.38. The van der Waals surface area contributed by atoms with Crippen LogP contribution in [0.2, 0.25) is 0 Å². The lowest BCUT2D eigenvalue weighted by molar-refractivity contribution is -0.148. The highest BCUT2D eigenvalue weighted by Crippen LogP contribution is 2.46. The molecule has 1 aromatic heterocycles. The number of hydrogen-bond donors (Lipinski definition) is 2. The van der Waals surface area contributed by atoms with Crippen LogP contribution in [0.15, 0.2) is 48.8 Å². The lowest BCUT2D eigenvalue weighted by Gasteiger charge is -2.26. The number of primary amides is 1. The number of rotatable bonds is 19. The molecule has 2 aromatic rings. The van der Waals surface area contributed by atoms with Gasteiger partial charge in [0, 0.05) is 0 Å². The van der Waals surface area contributed by atoms with Gasteiger partial charge in [0.25, 0.3) is 5.91 Å². The molecule has 3 N–H and O–H groups in total. The summed E-state index contributed by atoms with van der Waals surface area (Å²) in [6.07, 6.45) is 1.36. The molecule has 1 aromatic carbocycles. The highest BCUT2D eigenvalue weighted by molar-refractivity contribution is 7.52. The Morgan fingerprint density at radius 1 is 1.13 bits per heavy atom. The van der Waals surface area contributed by atoms with E-state index < -0.39 is 49.9 Å². The number of esters is 2. The second-order valence-electron chi connectivity index (χ2n) is 11.6. The molecule has 0 spiro atoms. The molecule has 46 heavy (non-hydrogen) atoms. The fraction of sp³-hybridized carbons (Fsp3) is 0.533. The summed E-state index contributed by atoms with van der Waals surface area (Å²) in [4.78, 5) is 53.3. The maximum atomic E-state index is 14.3. The Labute approximate surface area is 267 Å². The highest BCUT2D eigenvalue weighted by atomic mass is 31.2. The van der Waals surface area contributed by atoms with Crippen molar-refractivity contribution in [2.75, 3.05) is 19.8 Å². The van der Waals surface area contributed by atoms with Gasteiger partial charge >= 0.3 is 19.7 Å². The highest BCUT2D eigenvalue weighted by Gasteiger charge is 2.42. The first-order valence-electron chi connectivity index (χ1n) is 14.9. The van der Waals surface area contributed by atoms with E-state index in [4.69, 9.17) is 29.0 Å². The molecule has 2 heterocycles. The zero-order valence-electron chi connectivity index (χ0n) is 26.4. The van der Waals surface area contributed by atoms with Crippen molar-refractivity contribution in [3.05, 3.63) is 54.6 Å². The van der Waals surface area contributed by atoms with Crippen molar-refractivity contribution in [2.24, 2.45) is 23.5 Å². The predicted molar refractivity (Wildman–Crippen MR) is 164 cm³/mol. The molecule has 1 fully saturated rings. The van der Waals surface area contributed by atoms with Gasteiger partial charge in [0.05, 0.1) is 37.4 Å². The molecule has 0 radical (unpaired) electrons. The maximum absolute atomic E-state index is 14.3. The second kappa shape index (κ2) is 17.1. The Kier molecular flexibility index (Phi) is 13.6. The Hall–Kier alpha value is -3.91. The van der Waals surface area contributed by atoms with E-state index in [0.717, 1.165) is 0 Å². The molecular formula is C30H42N5O10P. The monoisotopic (exact) mass is 663 g/mol. The van der Waals surface area contributed by atoms with E-state index >= 15 is 0 Å². The molecule has 16 heteroatoms. The van der Waals surface area contributed by atoms with Crippen LogP contribution in [-0.4, -0.2) is 70.9 Å². The van der Waals surface area contributed by atoms with E-state index in [1.165, 1.54) is 23.1 Å². The van der Waals surface area contributed by atoms with Crippen molar-refractivity contribution >= 4 is 31.9 Å². The first-order valence-corrected chi connectivity index (χ1v) is 16.5. The van der Waals surface area contributed by atoms with E-state index in [1.54, 1.807) is 18.2 Å². The minimum Gasteiger partial charge on any atom is -0.464 e. The second-order valence-corrected chi connectivity index (χ2v) is 13.2. The van der Waals surface area contributed by atoms with Gasteiger partial charge in [-0.05, 0) is 43.2 Å². The van der Waals surface area contributed by atoms with Crippen molar-refractivity contribution in [2.45, 2.75) is 65.3 Å². The van der Waals surface area contributed by atoms with Crippen LogP contribution in [0.1, 0.15) is 63.8 Å². The Morgan fingerprint density at radius 3 is 2.37 bits per heavy atom. The van der Waals surface area contributed by atoms with Crippen molar-refractivity contribution < 1.29 is 47.0 Å². The number of carbonyl (C=O) groups is 4. The summed E-state index contributed by atoms with van der Waals surface area (Å²) in [5.41, 5.74) is 4.87. The number of aldehydes is 1. The van der Waals surface area contributed by atoms with Crippen LogP contribution in [0.4, 0.5) is 0 Å². The molecule has 0 saturated carbocycles. The summed E-state index contributed by atoms with van der Waals surface area (Å²) < 4.78 is 43.6. The van der Waals surface area contributed by atoms with Gasteiger partial charge in [-0.15, -0.1) is 5.10 Å². The summed E-state index contributed by atoms with van der Waals surface area (Å²) in [6.45, 7) is 11.3. The van der Waals surface area contributed by atoms with Crippen LogP contribution in [-0.2, 0) is 37.7 Å². The largest absolute Gasteiger partial charge is 0.464 e. The van der Waals surface area contributed by atoms with E-state index in [0.29, 0.717) is 19.1 Å². The fourth-order valence-electron chi connectivity index (χ4n) is 4.17. The van der Waals surface area contributed by atoms with Crippen LogP contribution in [0.3, 0.4) is 0 Å². The van der Waals surface area contributed by atoms with Gasteiger partial charge in [0.1, 0.15) is 24.4 Å². The number of benzene rings is 1. The van der Waals surface area contributed by atoms with Gasteiger partial charge in [-0.3, -0.25) is 9.32 Å². The molecule has 3 rings (SSSR count). The van der Waals surface area contributed by atoms with Gasteiger partial charge in [0.2, 0.25) is 5.82 Å². The van der Waals surface area contributed by atoms with Crippen LogP contribution in [0, 0.1) is 17.8 Å². The summed E-state index contributed by atoms with van der Waals surface area (Å²) in [5.74, 6) is -3.03. The topological polar surface area (TPSA) is 200 Å². The minimum atomic E-state index is -4.50. The minimum absolute atomic E-state index is 0.0409. The molecule has 0 bridgehead atoms. The number of nitrogens with one attached hydrogen (secondary N) is 1. The maximum Gasteiger partial charge on any atom is 0.459 e. The summed E-state index contributed by atoms with van der Waals surface area (Å²) in [7, 11) is -4.50. The molecule has 1 saturated heterocycles.